The summed E-state index contributed by atoms with van der Waals surface area (Å²) < 4.78 is 3.91. The summed E-state index contributed by atoms with van der Waals surface area (Å²) in [6.07, 6.45) is 12.6. The molecule has 0 aromatic carbocycles. The molecule has 1 saturated heterocycles. The summed E-state index contributed by atoms with van der Waals surface area (Å²) in [6, 6.07) is 4.03. The molecule has 1 aliphatic rings. The number of amides is 1. The Morgan fingerprint density at radius 2 is 2.11 bits per heavy atom. The monoisotopic (exact) mass is 379 g/mol. The van der Waals surface area contributed by atoms with Crippen LogP contribution in [0.5, 0.6) is 0 Å². The maximum Gasteiger partial charge on any atom is 0.227 e. The first-order valence-corrected chi connectivity index (χ1v) is 9.72. The fraction of sp³-hybridized carbons (Fsp3) is 0.450. The Morgan fingerprint density at radius 1 is 1.25 bits per heavy atom. The number of rotatable bonds is 6. The van der Waals surface area contributed by atoms with E-state index in [-0.39, 0.29) is 11.8 Å². The van der Waals surface area contributed by atoms with E-state index < -0.39 is 0 Å². The molecule has 146 valence electrons. The summed E-state index contributed by atoms with van der Waals surface area (Å²) in [4.78, 5) is 27.5. The van der Waals surface area contributed by atoms with Crippen LogP contribution in [0.2, 0.25) is 0 Å². The van der Waals surface area contributed by atoms with E-state index in [0.29, 0.717) is 12.5 Å². The topological polar surface area (TPSA) is 81.7 Å². The van der Waals surface area contributed by atoms with E-state index in [1.165, 1.54) is 6.33 Å². The third-order valence-electron chi connectivity index (χ3n) is 5.34. The molecule has 4 rings (SSSR count). The molecule has 0 N–H and O–H groups in total. The van der Waals surface area contributed by atoms with Crippen molar-refractivity contribution in [3.05, 3.63) is 61.0 Å². The Bertz CT molecular complexity index is 882. The molecule has 8 nitrogen and oxygen atoms in total. The average molecular weight is 379 g/mol. The van der Waals surface area contributed by atoms with Gasteiger partial charge in [-0.25, -0.2) is 9.97 Å². The molecule has 1 fully saturated rings. The third-order valence-corrected chi connectivity index (χ3v) is 5.34. The summed E-state index contributed by atoms with van der Waals surface area (Å²) in [5, 5.41) is 4.09. The molecule has 0 bridgehead atoms. The van der Waals surface area contributed by atoms with Crippen molar-refractivity contribution in [1.29, 1.82) is 0 Å². The van der Waals surface area contributed by atoms with Gasteiger partial charge in [-0.15, -0.1) is 0 Å². The number of nitrogens with zero attached hydrogens (tertiary/aromatic N) is 7. The second-order valence-corrected chi connectivity index (χ2v) is 7.39. The minimum Gasteiger partial charge on any atom is -0.342 e. The van der Waals surface area contributed by atoms with Crippen LogP contribution in [-0.2, 0) is 17.9 Å². The number of carbonyl (C=O) groups is 1. The molecule has 3 aromatic heterocycles. The highest BCUT2D eigenvalue weighted by molar-refractivity contribution is 5.78. The first-order valence-electron chi connectivity index (χ1n) is 9.72. The van der Waals surface area contributed by atoms with Crippen molar-refractivity contribution < 1.29 is 4.79 Å². The van der Waals surface area contributed by atoms with Crippen LogP contribution in [-0.4, -0.2) is 53.2 Å². The highest BCUT2D eigenvalue weighted by atomic mass is 16.2. The Balaban J connectivity index is 1.34. The molecular formula is C20H25N7O. The van der Waals surface area contributed by atoms with Crippen molar-refractivity contribution in [3.63, 3.8) is 0 Å². The van der Waals surface area contributed by atoms with Gasteiger partial charge >= 0.3 is 0 Å². The predicted octanol–water partition coefficient (Wildman–Crippen LogP) is 1.96. The summed E-state index contributed by atoms with van der Waals surface area (Å²) in [7, 11) is 0. The van der Waals surface area contributed by atoms with Crippen LogP contribution >= 0.6 is 0 Å². The van der Waals surface area contributed by atoms with E-state index in [4.69, 9.17) is 0 Å². The van der Waals surface area contributed by atoms with Crippen LogP contribution < -0.4 is 0 Å². The smallest absolute Gasteiger partial charge is 0.227 e. The Kier molecular flexibility index (Phi) is 5.45. The van der Waals surface area contributed by atoms with Crippen molar-refractivity contribution in [3.8, 4) is 0 Å². The quantitative estimate of drug-likeness (QED) is 0.654. The first kappa shape index (κ1) is 18.3. The van der Waals surface area contributed by atoms with Gasteiger partial charge in [0.25, 0.3) is 0 Å². The van der Waals surface area contributed by atoms with E-state index in [1.54, 1.807) is 17.2 Å². The number of aromatic nitrogens is 6. The highest BCUT2D eigenvalue weighted by Crippen LogP contribution is 2.28. The van der Waals surface area contributed by atoms with Gasteiger partial charge in [0.05, 0.1) is 19.0 Å². The van der Waals surface area contributed by atoms with Gasteiger partial charge in [0.15, 0.2) is 0 Å². The molecule has 0 unspecified atom stereocenters. The van der Waals surface area contributed by atoms with Gasteiger partial charge in [0.2, 0.25) is 5.91 Å². The van der Waals surface area contributed by atoms with Gasteiger partial charge in [-0.2, -0.15) is 5.10 Å². The molecule has 1 amide bonds. The molecule has 0 spiro atoms. The van der Waals surface area contributed by atoms with Crippen LogP contribution in [0.3, 0.4) is 0 Å². The van der Waals surface area contributed by atoms with Gasteiger partial charge in [0.1, 0.15) is 18.5 Å². The molecule has 3 aromatic rings. The van der Waals surface area contributed by atoms with Crippen molar-refractivity contribution >= 4 is 5.91 Å². The highest BCUT2D eigenvalue weighted by Gasteiger charge is 2.28. The van der Waals surface area contributed by atoms with E-state index in [0.717, 1.165) is 43.9 Å². The second kappa shape index (κ2) is 8.33. The van der Waals surface area contributed by atoms with Crippen molar-refractivity contribution in [2.24, 2.45) is 5.92 Å². The molecular weight excluding hydrogens is 354 g/mol. The lowest BCUT2D eigenvalue weighted by Crippen LogP contribution is -2.42. The molecule has 0 aliphatic carbocycles. The van der Waals surface area contributed by atoms with Crippen molar-refractivity contribution in [2.75, 3.05) is 13.1 Å². The maximum atomic E-state index is 12.8. The van der Waals surface area contributed by atoms with Crippen LogP contribution in [0.1, 0.15) is 37.1 Å². The first-order chi connectivity index (χ1) is 13.7. The number of hydrogen-bond acceptors (Lipinski definition) is 5. The molecule has 0 saturated carbocycles. The second-order valence-electron chi connectivity index (χ2n) is 7.39. The van der Waals surface area contributed by atoms with Crippen LogP contribution in [0.15, 0.2) is 49.6 Å². The SMILES string of the molecule is C[C@H](Cn1cncn1)C(=O)N1CCC(c2nccn2Cc2cccnc2)CC1. The van der Waals surface area contributed by atoms with Crippen molar-refractivity contribution in [2.45, 2.75) is 38.8 Å². The Hall–Kier alpha value is -3.03. The van der Waals surface area contributed by atoms with E-state index >= 15 is 0 Å². The Morgan fingerprint density at radius 3 is 2.82 bits per heavy atom. The fourth-order valence-electron chi connectivity index (χ4n) is 3.86. The van der Waals surface area contributed by atoms with Gasteiger partial charge < -0.3 is 9.47 Å². The minimum atomic E-state index is -0.106. The van der Waals surface area contributed by atoms with Gasteiger partial charge in [-0.05, 0) is 24.5 Å². The lowest BCUT2D eigenvalue weighted by molar-refractivity contribution is -0.136. The van der Waals surface area contributed by atoms with E-state index in [1.807, 2.05) is 36.5 Å². The lowest BCUT2D eigenvalue weighted by atomic mass is 9.95. The fourth-order valence-corrected chi connectivity index (χ4v) is 3.86. The van der Waals surface area contributed by atoms with Crippen LogP contribution in [0.25, 0.3) is 0 Å². The molecule has 4 heterocycles. The van der Waals surface area contributed by atoms with Gasteiger partial charge in [0, 0.05) is 43.8 Å². The molecule has 1 atom stereocenters. The number of imidazole rings is 1. The number of likely N-dealkylation sites (tertiary alicyclic amines) is 1. The molecule has 28 heavy (non-hydrogen) atoms. The minimum absolute atomic E-state index is 0.106. The molecule has 1 aliphatic heterocycles. The van der Waals surface area contributed by atoms with Crippen LogP contribution in [0, 0.1) is 5.92 Å². The standard InChI is InChI=1S/C20H25N7O/c1-16(12-27-15-22-14-24-27)20(28)25-8-4-18(5-9-25)19-23-7-10-26(19)13-17-3-2-6-21-11-17/h2-3,6-7,10-11,14-16,18H,4-5,8-9,12-13H2,1H3/t16-/m1/s1. The predicted molar refractivity (Wildman–Crippen MR) is 103 cm³/mol. The molecule has 8 heteroatoms. The number of pyridine rings is 1. The average Bonchev–Trinajstić information content (AvgIpc) is 3.40. The summed E-state index contributed by atoms with van der Waals surface area (Å²) in [6.45, 7) is 4.83. The number of piperidine rings is 1. The molecule has 0 radical (unpaired) electrons. The number of carbonyl (C=O) groups excluding carboxylic acids is 1. The largest absolute Gasteiger partial charge is 0.342 e. The van der Waals surface area contributed by atoms with E-state index in [9.17, 15) is 4.79 Å². The zero-order chi connectivity index (χ0) is 19.3. The normalized spacial score (nSPS) is 16.2. The summed E-state index contributed by atoms with van der Waals surface area (Å²) in [5.41, 5.74) is 1.16. The summed E-state index contributed by atoms with van der Waals surface area (Å²) >= 11 is 0. The number of hydrogen-bond donors (Lipinski definition) is 0. The zero-order valence-corrected chi connectivity index (χ0v) is 16.1. The Labute approximate surface area is 164 Å². The van der Waals surface area contributed by atoms with Gasteiger partial charge in [-0.3, -0.25) is 14.5 Å². The zero-order valence-electron chi connectivity index (χ0n) is 16.1. The maximum absolute atomic E-state index is 12.8. The van der Waals surface area contributed by atoms with Gasteiger partial charge in [-0.1, -0.05) is 13.0 Å². The van der Waals surface area contributed by atoms with E-state index in [2.05, 4.69) is 30.7 Å². The van der Waals surface area contributed by atoms with Crippen molar-refractivity contribution in [1.82, 2.24) is 34.2 Å². The lowest BCUT2D eigenvalue weighted by Gasteiger charge is -2.33. The summed E-state index contributed by atoms with van der Waals surface area (Å²) in [5.74, 6) is 1.56. The third kappa shape index (κ3) is 4.11. The van der Waals surface area contributed by atoms with Crippen LogP contribution in [0.4, 0.5) is 0 Å².